The number of anilines is 2. The van der Waals surface area contributed by atoms with E-state index in [4.69, 9.17) is 0 Å². The zero-order valence-electron chi connectivity index (χ0n) is 16.6. The van der Waals surface area contributed by atoms with Crippen LogP contribution in [-0.4, -0.2) is 20.9 Å². The van der Waals surface area contributed by atoms with Crippen LogP contribution in [0.3, 0.4) is 0 Å². The van der Waals surface area contributed by atoms with Gasteiger partial charge in [-0.05, 0) is 56.2 Å². The van der Waals surface area contributed by atoms with Crippen molar-refractivity contribution in [1.29, 1.82) is 0 Å². The van der Waals surface area contributed by atoms with Gasteiger partial charge in [-0.15, -0.1) is 0 Å². The molecule has 4 rings (SSSR count). The van der Waals surface area contributed by atoms with Crippen molar-refractivity contribution in [3.63, 3.8) is 0 Å². The van der Waals surface area contributed by atoms with Gasteiger partial charge in [0.05, 0.1) is 10.6 Å². The van der Waals surface area contributed by atoms with E-state index in [1.54, 1.807) is 24.3 Å². The fraction of sp³-hybridized carbons (Fsp3) is 0.174. The molecule has 1 heterocycles. The van der Waals surface area contributed by atoms with E-state index in [2.05, 4.69) is 5.32 Å². The molecule has 5 nitrogen and oxygen atoms in total. The molecule has 3 aromatic rings. The maximum atomic E-state index is 13.3. The zero-order chi connectivity index (χ0) is 20.8. The van der Waals surface area contributed by atoms with Crippen LogP contribution in [0.5, 0.6) is 0 Å². The Bertz CT molecular complexity index is 1230. The van der Waals surface area contributed by atoms with E-state index in [1.807, 2.05) is 57.2 Å². The van der Waals surface area contributed by atoms with Crippen molar-refractivity contribution in [2.75, 3.05) is 16.2 Å². The van der Waals surface area contributed by atoms with Crippen molar-refractivity contribution < 1.29 is 13.2 Å². The fourth-order valence-corrected chi connectivity index (χ4v) is 5.27. The van der Waals surface area contributed by atoms with Gasteiger partial charge < -0.3 is 5.32 Å². The van der Waals surface area contributed by atoms with Crippen molar-refractivity contribution in [3.8, 4) is 11.1 Å². The normalized spacial score (nSPS) is 14.1. The highest BCUT2D eigenvalue weighted by Gasteiger charge is 2.35. The summed E-state index contributed by atoms with van der Waals surface area (Å²) in [4.78, 5) is 13.0. The number of amides is 1. The first-order chi connectivity index (χ1) is 13.8. The van der Waals surface area contributed by atoms with Crippen LogP contribution >= 0.6 is 0 Å². The molecular weight excluding hydrogens is 384 g/mol. The summed E-state index contributed by atoms with van der Waals surface area (Å²) >= 11 is 0. The Labute approximate surface area is 171 Å². The van der Waals surface area contributed by atoms with E-state index < -0.39 is 10.0 Å². The second kappa shape index (κ2) is 7.04. The van der Waals surface area contributed by atoms with Gasteiger partial charge in [-0.1, -0.05) is 42.0 Å². The number of rotatable bonds is 3. The monoisotopic (exact) mass is 406 g/mol. The molecule has 0 radical (unpaired) electrons. The number of carbonyl (C=O) groups excluding carboxylic acids is 1. The Morgan fingerprint density at radius 2 is 1.69 bits per heavy atom. The molecule has 0 unspecified atom stereocenters. The van der Waals surface area contributed by atoms with Gasteiger partial charge in [0, 0.05) is 16.8 Å². The summed E-state index contributed by atoms with van der Waals surface area (Å²) in [6, 6.07) is 18.1. The third-order valence-electron chi connectivity index (χ3n) is 5.33. The van der Waals surface area contributed by atoms with Gasteiger partial charge in [-0.25, -0.2) is 8.42 Å². The van der Waals surface area contributed by atoms with E-state index >= 15 is 0 Å². The molecule has 1 aliphatic heterocycles. The number of sulfonamides is 1. The van der Waals surface area contributed by atoms with Gasteiger partial charge in [-0.2, -0.15) is 0 Å². The number of nitrogens with one attached hydrogen (secondary N) is 1. The Hall–Kier alpha value is -3.12. The Kier molecular flexibility index (Phi) is 4.67. The van der Waals surface area contributed by atoms with E-state index in [0.29, 0.717) is 16.9 Å². The summed E-state index contributed by atoms with van der Waals surface area (Å²) < 4.78 is 27.8. The van der Waals surface area contributed by atoms with Gasteiger partial charge in [-0.3, -0.25) is 9.10 Å². The summed E-state index contributed by atoms with van der Waals surface area (Å²) in [5, 5.41) is 2.86. The third kappa shape index (κ3) is 3.29. The van der Waals surface area contributed by atoms with Crippen molar-refractivity contribution in [2.24, 2.45) is 0 Å². The molecule has 1 amide bonds. The van der Waals surface area contributed by atoms with Gasteiger partial charge in [0.15, 0.2) is 0 Å². The zero-order valence-corrected chi connectivity index (χ0v) is 17.4. The van der Waals surface area contributed by atoms with Crippen LogP contribution in [0.15, 0.2) is 65.6 Å². The minimum absolute atomic E-state index is 0.220. The highest BCUT2D eigenvalue weighted by Crippen LogP contribution is 2.43. The smallest absolute Gasteiger partial charge is 0.265 e. The average Bonchev–Trinajstić information content (AvgIpc) is 2.69. The molecular formula is C23H22N2O3S. The molecule has 0 atom stereocenters. The lowest BCUT2D eigenvalue weighted by molar-refractivity contribution is -0.114. The molecule has 0 saturated carbocycles. The summed E-state index contributed by atoms with van der Waals surface area (Å²) in [6.07, 6.45) is 0. The number of hydrogen-bond acceptors (Lipinski definition) is 3. The van der Waals surface area contributed by atoms with E-state index in [0.717, 1.165) is 22.3 Å². The standard InChI is InChI=1S/C23H22N2O3S/c1-15-11-12-21-19(13-15)18-8-4-5-10-22(18)29(27,28)25(21)14-23(26)24-20-9-6-7-16(2)17(20)3/h4-13H,14H2,1-3H3,(H,24,26). The lowest BCUT2D eigenvalue weighted by Gasteiger charge is -2.32. The first-order valence-electron chi connectivity index (χ1n) is 9.38. The maximum Gasteiger partial charge on any atom is 0.265 e. The molecule has 0 bridgehead atoms. The fourth-order valence-electron chi connectivity index (χ4n) is 3.62. The Balaban J connectivity index is 1.74. The van der Waals surface area contributed by atoms with Crippen LogP contribution < -0.4 is 9.62 Å². The first-order valence-corrected chi connectivity index (χ1v) is 10.8. The predicted octanol–water partition coefficient (Wildman–Crippen LogP) is 4.43. The minimum Gasteiger partial charge on any atom is -0.324 e. The molecule has 29 heavy (non-hydrogen) atoms. The van der Waals surface area contributed by atoms with E-state index in [9.17, 15) is 13.2 Å². The first kappa shape index (κ1) is 19.2. The molecule has 3 aromatic carbocycles. The number of benzene rings is 3. The molecule has 6 heteroatoms. The number of nitrogens with zero attached hydrogens (tertiary/aromatic N) is 1. The molecule has 0 fully saturated rings. The number of hydrogen-bond donors (Lipinski definition) is 1. The number of aryl methyl sites for hydroxylation is 2. The number of fused-ring (bicyclic) bond motifs is 3. The SMILES string of the molecule is Cc1ccc2c(c1)-c1ccccc1S(=O)(=O)N2CC(=O)Nc1cccc(C)c1C. The van der Waals surface area contributed by atoms with Crippen molar-refractivity contribution in [2.45, 2.75) is 25.7 Å². The topological polar surface area (TPSA) is 66.5 Å². The lowest BCUT2D eigenvalue weighted by atomic mass is 10.0. The van der Waals surface area contributed by atoms with Crippen LogP contribution in [0.2, 0.25) is 0 Å². The van der Waals surface area contributed by atoms with Crippen molar-refractivity contribution in [1.82, 2.24) is 0 Å². The van der Waals surface area contributed by atoms with E-state index in [-0.39, 0.29) is 17.3 Å². The largest absolute Gasteiger partial charge is 0.324 e. The third-order valence-corrected chi connectivity index (χ3v) is 7.15. The van der Waals surface area contributed by atoms with Crippen molar-refractivity contribution >= 4 is 27.3 Å². The Morgan fingerprint density at radius 1 is 0.931 bits per heavy atom. The second-order valence-electron chi connectivity index (χ2n) is 7.32. The number of carbonyl (C=O) groups is 1. The minimum atomic E-state index is -3.84. The summed E-state index contributed by atoms with van der Waals surface area (Å²) in [5.74, 6) is -0.381. The van der Waals surface area contributed by atoms with Crippen LogP contribution in [0, 0.1) is 20.8 Å². The maximum absolute atomic E-state index is 13.3. The lowest BCUT2D eigenvalue weighted by Crippen LogP contribution is -2.40. The van der Waals surface area contributed by atoms with Crippen LogP contribution in [0.4, 0.5) is 11.4 Å². The Morgan fingerprint density at radius 3 is 2.48 bits per heavy atom. The predicted molar refractivity (Wildman–Crippen MR) is 116 cm³/mol. The van der Waals surface area contributed by atoms with Crippen LogP contribution in [0.25, 0.3) is 11.1 Å². The van der Waals surface area contributed by atoms with Gasteiger partial charge >= 0.3 is 0 Å². The van der Waals surface area contributed by atoms with Crippen LogP contribution in [-0.2, 0) is 14.8 Å². The summed E-state index contributed by atoms with van der Waals surface area (Å²) in [5.41, 5.74) is 5.73. The molecule has 148 valence electrons. The average molecular weight is 407 g/mol. The highest BCUT2D eigenvalue weighted by molar-refractivity contribution is 7.93. The quantitative estimate of drug-likeness (QED) is 0.700. The second-order valence-corrected chi connectivity index (χ2v) is 9.15. The van der Waals surface area contributed by atoms with Gasteiger partial charge in [0.1, 0.15) is 6.54 Å². The summed E-state index contributed by atoms with van der Waals surface area (Å²) in [6.45, 7) is 5.57. The highest BCUT2D eigenvalue weighted by atomic mass is 32.2. The van der Waals surface area contributed by atoms with E-state index in [1.165, 1.54) is 4.31 Å². The molecule has 1 N–H and O–H groups in total. The molecule has 0 spiro atoms. The molecule has 1 aliphatic rings. The van der Waals surface area contributed by atoms with Crippen LogP contribution in [0.1, 0.15) is 16.7 Å². The van der Waals surface area contributed by atoms with Gasteiger partial charge in [0.2, 0.25) is 5.91 Å². The van der Waals surface area contributed by atoms with Crippen molar-refractivity contribution in [3.05, 3.63) is 77.4 Å². The molecule has 0 saturated heterocycles. The van der Waals surface area contributed by atoms with Gasteiger partial charge in [0.25, 0.3) is 10.0 Å². The molecule has 0 aromatic heterocycles. The molecule has 0 aliphatic carbocycles. The summed E-state index contributed by atoms with van der Waals surface area (Å²) in [7, 11) is -3.84.